The van der Waals surface area contributed by atoms with Crippen LogP contribution < -0.4 is 21.7 Å². The van der Waals surface area contributed by atoms with Crippen molar-refractivity contribution >= 4 is 46.8 Å². The zero-order valence-corrected chi connectivity index (χ0v) is 67.5. The Bertz CT molecular complexity index is 6290. The number of nitrogens with two attached hydrogens (primary N) is 1. The molecule has 131 heavy (non-hydrogen) atoms. The first kappa shape index (κ1) is 91.5. The van der Waals surface area contributed by atoms with Crippen molar-refractivity contribution in [3.8, 4) is 24.3 Å². The Hall–Kier alpha value is -15.8. The number of carboxylic acids is 1. The molecule has 8 aliphatic rings. The minimum atomic E-state index is -1.17. The van der Waals surface area contributed by atoms with E-state index < -0.39 is 94.4 Å². The second-order valence-electron chi connectivity index (χ2n) is 32.5. The lowest BCUT2D eigenvalue weighted by Gasteiger charge is -2.15. The predicted molar refractivity (Wildman–Crippen MR) is 447 cm³/mol. The Labute approximate surface area is 740 Å². The average Bonchev–Trinajstić information content (AvgIpc) is 1.59. The van der Waals surface area contributed by atoms with Crippen LogP contribution in [0.15, 0.2) is 146 Å². The molecule has 37 heteroatoms. The van der Waals surface area contributed by atoms with Gasteiger partial charge in [-0.05, 0) is 213 Å². The lowest BCUT2D eigenvalue weighted by Crippen LogP contribution is -2.43. The number of rotatable bonds is 15. The molecule has 4 fully saturated rings. The van der Waals surface area contributed by atoms with Gasteiger partial charge in [0.15, 0.2) is 23.1 Å². The Morgan fingerprint density at radius 1 is 0.366 bits per heavy atom. The predicted octanol–water partition coefficient (Wildman–Crippen LogP) is 11.5. The van der Waals surface area contributed by atoms with E-state index in [1.54, 1.807) is 72.8 Å². The molecule has 0 radical (unpaired) electrons. The zero-order chi connectivity index (χ0) is 90.9. The Balaban J connectivity index is 0.000000135. The van der Waals surface area contributed by atoms with Crippen LogP contribution in [0.5, 0.6) is 0 Å². The summed E-state index contributed by atoms with van der Waals surface area (Å²) in [5, 5.41) is 78.5. The van der Waals surface area contributed by atoms with E-state index in [1.165, 1.54) is 24.3 Å². The average molecular weight is 1780 g/mol. The molecule has 0 bridgehead atoms. The number of amides is 3. The Kier molecular flexibility index (Phi) is 26.8. The highest BCUT2D eigenvalue weighted by Gasteiger charge is 2.55. The Morgan fingerprint density at radius 2 is 0.611 bits per heavy atom. The third kappa shape index (κ3) is 20.6. The molecule has 0 aliphatic heterocycles. The molecule has 12 atom stereocenters. The summed E-state index contributed by atoms with van der Waals surface area (Å²) in [6.07, 6.45) is 3.34. The fourth-order valence-electron chi connectivity index (χ4n) is 17.3. The highest BCUT2D eigenvalue weighted by molar-refractivity contribution is 5.99. The number of hydrogen-bond donors (Lipinski definition) is 9. The number of nitrogens with one attached hydrogen (secondary N) is 7. The van der Waals surface area contributed by atoms with Crippen LogP contribution in [0.25, 0.3) is 0 Å². The molecule has 10 N–H and O–H groups in total. The lowest BCUT2D eigenvalue weighted by atomic mass is 9.99. The molecular weight excluding hydrogens is 1710 g/mol. The third-order valence-electron chi connectivity index (χ3n) is 23.8. The Morgan fingerprint density at radius 3 is 0.870 bits per heavy atom. The quantitative estimate of drug-likeness (QED) is 0.0430. The minimum Gasteiger partial charge on any atom is -0.475 e. The second-order valence-corrected chi connectivity index (χ2v) is 32.5. The molecule has 0 spiro atoms. The first-order chi connectivity index (χ1) is 62.0. The number of benzene rings is 8. The van der Waals surface area contributed by atoms with Gasteiger partial charge in [-0.2, -0.15) is 21.0 Å². The fourth-order valence-corrected chi connectivity index (χ4v) is 17.3. The molecule has 4 aromatic heterocycles. The molecule has 8 aromatic carbocycles. The van der Waals surface area contributed by atoms with Gasteiger partial charge in [-0.1, -0.05) is 63.4 Å². The summed E-state index contributed by atoms with van der Waals surface area (Å²) in [6, 6.07) is 41.7. The number of nitrogens with zero attached hydrogens (tertiary/aromatic N) is 12. The SMILES string of the molecule is C.C.N#Cc1cccc(Cc2nc(C(=O)N[C@@H]3C(=O)Cc4c(F)cc(F)cc4[C@@H]4CC34)n[nH]2)c1.N#Cc1cccc(Cc2nc(C(=O)N[C@@H]3C(=O)Cc4c(F)cc(F)cc4[C@@H]4C[C@H]34)n[nH]2)c1.N#Cc1cccc(Cc2nc(C(=O)N[C@H]3C(=O)Cc4c(F)cc(F)cc4[C@H]4C[C@H]43)n[nH]2)c1.N#Cc1cccc(Cc2nc(C(=O)O)n[nH]2)c1.N[C@@H]1C(=O)Cc2c(F)cc(F)cc2[C@@H]2CC12. The molecule has 8 aliphatic carbocycles. The van der Waals surface area contributed by atoms with Crippen molar-refractivity contribution in [3.05, 3.63) is 328 Å². The number of carboxylic acid groups (broad SMARTS) is 1. The van der Waals surface area contributed by atoms with Gasteiger partial charge in [0, 0.05) is 75.6 Å². The maximum atomic E-state index is 14.2. The van der Waals surface area contributed by atoms with Gasteiger partial charge in [-0.15, -0.1) is 20.4 Å². The number of aromatic carboxylic acids is 1. The maximum Gasteiger partial charge on any atom is 0.375 e. The first-order valence-corrected chi connectivity index (χ1v) is 40.6. The fraction of sp³-hybridized carbons (Fsp3) is 0.277. The summed E-state index contributed by atoms with van der Waals surface area (Å²) in [6.45, 7) is 0. The lowest BCUT2D eigenvalue weighted by molar-refractivity contribution is -0.121. The van der Waals surface area contributed by atoms with Gasteiger partial charge in [0.05, 0.1) is 70.7 Å². The highest BCUT2D eigenvalue weighted by Crippen LogP contribution is 2.56. The van der Waals surface area contributed by atoms with Gasteiger partial charge in [-0.3, -0.25) is 54.0 Å². The van der Waals surface area contributed by atoms with Gasteiger partial charge in [0.1, 0.15) is 69.8 Å². The van der Waals surface area contributed by atoms with Crippen LogP contribution in [0.4, 0.5) is 35.1 Å². The van der Waals surface area contributed by atoms with Crippen LogP contribution in [-0.2, 0) is 70.5 Å². The zero-order valence-electron chi connectivity index (χ0n) is 67.5. The van der Waals surface area contributed by atoms with Crippen molar-refractivity contribution in [2.45, 2.75) is 140 Å². The number of H-pyrrole nitrogens is 4. The van der Waals surface area contributed by atoms with Crippen molar-refractivity contribution in [2.24, 2.45) is 29.4 Å². The summed E-state index contributed by atoms with van der Waals surface area (Å²) in [5.74, 6) is -9.30. The molecule has 20 rings (SSSR count). The van der Waals surface area contributed by atoms with Crippen molar-refractivity contribution in [3.63, 3.8) is 0 Å². The number of Topliss-reactive ketones (excluding diaryl/α,β-unsaturated/α-hetero) is 4. The number of halogens is 8. The van der Waals surface area contributed by atoms with E-state index in [0.717, 1.165) is 52.9 Å². The summed E-state index contributed by atoms with van der Waals surface area (Å²) >= 11 is 0. The molecule has 664 valence electrons. The monoisotopic (exact) mass is 1780 g/mol. The van der Waals surface area contributed by atoms with Gasteiger partial charge >= 0.3 is 5.97 Å². The van der Waals surface area contributed by atoms with Gasteiger partial charge in [0.2, 0.25) is 17.5 Å². The first-order valence-electron chi connectivity index (χ1n) is 40.6. The van der Waals surface area contributed by atoms with Crippen LogP contribution >= 0.6 is 0 Å². The molecular formula is C94H78F8N20O9. The van der Waals surface area contributed by atoms with Gasteiger partial charge < -0.3 is 26.8 Å². The summed E-state index contributed by atoms with van der Waals surface area (Å²) in [5.41, 5.74) is 14.4. The standard InChI is InChI=1S/3C23H17F2N5O2.C12H11F2NO.C11H8N4O2.2CH4/c3*24-13-6-14-15-8-17(15)21(19(31)9-16(14)18(25)7-13)28-23(32)22-27-20(29-30-22)5-11-2-1-3-12(4-11)10-26;13-5-1-6-7-3-9(7)12(15)11(16)4-8(6)10(14)2-5;12-6-8-3-1-2-7(4-8)5-9-13-10(11(16)17)15-14-9;;/h3*1-4,6-7,15,17,21H,5,8-9H2,(H,28,32)(H,27,29,30);1-2,7,9,12H,3-4,15H2;1-4H,5H2,(H,16,17)(H,13,14,15);2*1H4/t15-,17?,21-;2*15-,17-,21-;7-,9?,12-;;;/m0100.../s1. The van der Waals surface area contributed by atoms with Crippen LogP contribution in [0.2, 0.25) is 0 Å². The van der Waals surface area contributed by atoms with Crippen LogP contribution in [-0.4, -0.2) is 137 Å². The van der Waals surface area contributed by atoms with Crippen molar-refractivity contribution in [1.82, 2.24) is 76.7 Å². The van der Waals surface area contributed by atoms with E-state index in [1.807, 2.05) is 30.3 Å². The topological polar surface area (TPSA) is 480 Å². The number of hydrogen-bond acceptors (Lipinski definition) is 21. The number of nitriles is 4. The van der Waals surface area contributed by atoms with E-state index in [-0.39, 0.29) is 151 Å². The summed E-state index contributed by atoms with van der Waals surface area (Å²) in [4.78, 5) is 115. The minimum absolute atomic E-state index is 0. The number of carbonyl (C=O) groups is 8. The number of aromatic nitrogens is 12. The molecule has 0 saturated heterocycles. The molecule has 4 saturated carbocycles. The van der Waals surface area contributed by atoms with E-state index in [9.17, 15) is 73.5 Å². The van der Waals surface area contributed by atoms with E-state index >= 15 is 0 Å². The molecule has 2 unspecified atom stereocenters. The van der Waals surface area contributed by atoms with E-state index in [0.29, 0.717) is 118 Å². The third-order valence-corrected chi connectivity index (χ3v) is 23.8. The van der Waals surface area contributed by atoms with Gasteiger partial charge in [-0.25, -0.2) is 59.9 Å². The van der Waals surface area contributed by atoms with Crippen molar-refractivity contribution in [2.75, 3.05) is 0 Å². The summed E-state index contributed by atoms with van der Waals surface area (Å²) < 4.78 is 110. The summed E-state index contributed by atoms with van der Waals surface area (Å²) in [7, 11) is 0. The number of ketones is 4. The smallest absolute Gasteiger partial charge is 0.375 e. The normalized spacial score (nSPS) is 20.6. The highest BCUT2D eigenvalue weighted by atomic mass is 19.2. The van der Waals surface area contributed by atoms with Crippen LogP contribution in [0.1, 0.15) is 219 Å². The van der Waals surface area contributed by atoms with E-state index in [4.69, 9.17) is 31.9 Å². The molecule has 12 aromatic rings. The molecule has 3 amide bonds. The van der Waals surface area contributed by atoms with Gasteiger partial charge in [0.25, 0.3) is 23.5 Å². The number of fused-ring (bicyclic) bond motifs is 12. The number of aromatic amines is 4. The second kappa shape index (κ2) is 38.4. The number of carbonyl (C=O) groups excluding carboxylic acids is 7. The van der Waals surface area contributed by atoms with Crippen molar-refractivity contribution < 1.29 is 78.6 Å². The molecule has 4 heterocycles. The molecule has 29 nitrogen and oxygen atoms in total. The van der Waals surface area contributed by atoms with Crippen LogP contribution in [0, 0.1) is 116 Å². The van der Waals surface area contributed by atoms with Crippen molar-refractivity contribution in [1.29, 1.82) is 21.0 Å². The maximum absolute atomic E-state index is 14.2. The van der Waals surface area contributed by atoms with E-state index in [2.05, 4.69) is 94.9 Å². The van der Waals surface area contributed by atoms with Crippen LogP contribution in [0.3, 0.4) is 0 Å². The largest absolute Gasteiger partial charge is 0.475 e.